The first-order valence-electron chi connectivity index (χ1n) is 7.06. The molecule has 0 aromatic heterocycles. The maximum absolute atomic E-state index is 5.65. The highest BCUT2D eigenvalue weighted by atomic mass is 16.5. The number of morpholine rings is 1. The van der Waals surface area contributed by atoms with Gasteiger partial charge in [0.2, 0.25) is 0 Å². The lowest BCUT2D eigenvalue weighted by atomic mass is 9.95. The SMILES string of the molecule is CN1CCCC(CCNCC2CNCCO2)C1. The Morgan fingerprint density at radius 2 is 2.41 bits per heavy atom. The minimum Gasteiger partial charge on any atom is -0.374 e. The molecule has 0 aromatic carbocycles. The lowest BCUT2D eigenvalue weighted by Crippen LogP contribution is -2.44. The van der Waals surface area contributed by atoms with E-state index in [0.717, 1.165) is 38.7 Å². The molecule has 2 unspecified atom stereocenters. The Morgan fingerprint density at radius 1 is 1.47 bits per heavy atom. The molecule has 2 rings (SSSR count). The third kappa shape index (κ3) is 4.92. The van der Waals surface area contributed by atoms with Crippen molar-refractivity contribution in [2.75, 3.05) is 52.9 Å². The molecule has 2 saturated heterocycles. The molecule has 17 heavy (non-hydrogen) atoms. The summed E-state index contributed by atoms with van der Waals surface area (Å²) in [4.78, 5) is 2.46. The molecular formula is C13H27N3O. The highest BCUT2D eigenvalue weighted by molar-refractivity contribution is 4.73. The van der Waals surface area contributed by atoms with Crippen LogP contribution in [0.25, 0.3) is 0 Å². The van der Waals surface area contributed by atoms with Crippen molar-refractivity contribution in [1.29, 1.82) is 0 Å². The monoisotopic (exact) mass is 241 g/mol. The molecule has 2 atom stereocenters. The number of rotatable bonds is 5. The van der Waals surface area contributed by atoms with Gasteiger partial charge < -0.3 is 20.3 Å². The number of likely N-dealkylation sites (tertiary alicyclic amines) is 1. The summed E-state index contributed by atoms with van der Waals surface area (Å²) in [5, 5.41) is 6.89. The van der Waals surface area contributed by atoms with Gasteiger partial charge in [0, 0.05) is 26.2 Å². The van der Waals surface area contributed by atoms with E-state index in [2.05, 4.69) is 22.6 Å². The Morgan fingerprint density at radius 3 is 3.18 bits per heavy atom. The zero-order valence-electron chi connectivity index (χ0n) is 11.1. The molecule has 0 bridgehead atoms. The molecule has 2 fully saturated rings. The molecule has 0 aliphatic carbocycles. The predicted octanol–water partition coefficient (Wildman–Crippen LogP) is 0.296. The van der Waals surface area contributed by atoms with E-state index in [9.17, 15) is 0 Å². The molecule has 0 aromatic rings. The van der Waals surface area contributed by atoms with E-state index >= 15 is 0 Å². The fourth-order valence-corrected chi connectivity index (χ4v) is 2.83. The average Bonchev–Trinajstić information content (AvgIpc) is 2.36. The van der Waals surface area contributed by atoms with Crippen molar-refractivity contribution < 1.29 is 4.74 Å². The molecule has 0 radical (unpaired) electrons. The molecule has 0 amide bonds. The van der Waals surface area contributed by atoms with Gasteiger partial charge in [0.15, 0.2) is 0 Å². The highest BCUT2D eigenvalue weighted by Gasteiger charge is 2.17. The summed E-state index contributed by atoms with van der Waals surface area (Å²) >= 11 is 0. The number of ether oxygens (including phenoxy) is 1. The van der Waals surface area contributed by atoms with Crippen LogP contribution in [0.2, 0.25) is 0 Å². The van der Waals surface area contributed by atoms with Crippen LogP contribution in [0.15, 0.2) is 0 Å². The fourth-order valence-electron chi connectivity index (χ4n) is 2.83. The molecule has 100 valence electrons. The summed E-state index contributed by atoms with van der Waals surface area (Å²) in [7, 11) is 2.24. The summed E-state index contributed by atoms with van der Waals surface area (Å²) in [6, 6.07) is 0. The van der Waals surface area contributed by atoms with Gasteiger partial charge in [-0.25, -0.2) is 0 Å². The number of hydrogen-bond donors (Lipinski definition) is 2. The van der Waals surface area contributed by atoms with Crippen LogP contribution in [0.5, 0.6) is 0 Å². The molecule has 4 nitrogen and oxygen atoms in total. The first-order chi connectivity index (χ1) is 8.34. The van der Waals surface area contributed by atoms with Crippen LogP contribution >= 0.6 is 0 Å². The van der Waals surface area contributed by atoms with E-state index in [1.165, 1.54) is 32.4 Å². The lowest BCUT2D eigenvalue weighted by Gasteiger charge is -2.30. The number of nitrogens with one attached hydrogen (secondary N) is 2. The largest absolute Gasteiger partial charge is 0.374 e. The Balaban J connectivity index is 1.50. The topological polar surface area (TPSA) is 36.5 Å². The Labute approximate surface area is 105 Å². The van der Waals surface area contributed by atoms with Gasteiger partial charge in [-0.3, -0.25) is 0 Å². The van der Waals surface area contributed by atoms with Crippen molar-refractivity contribution in [3.63, 3.8) is 0 Å². The lowest BCUT2D eigenvalue weighted by molar-refractivity contribution is 0.0290. The van der Waals surface area contributed by atoms with Crippen LogP contribution in [0.1, 0.15) is 19.3 Å². The van der Waals surface area contributed by atoms with Crippen molar-refractivity contribution in [3.05, 3.63) is 0 Å². The van der Waals surface area contributed by atoms with Gasteiger partial charge in [0.1, 0.15) is 0 Å². The summed E-state index contributed by atoms with van der Waals surface area (Å²) in [5.74, 6) is 0.895. The van der Waals surface area contributed by atoms with Crippen LogP contribution in [-0.4, -0.2) is 63.9 Å². The quantitative estimate of drug-likeness (QED) is 0.679. The van der Waals surface area contributed by atoms with Gasteiger partial charge >= 0.3 is 0 Å². The van der Waals surface area contributed by atoms with Crippen LogP contribution in [0.3, 0.4) is 0 Å². The van der Waals surface area contributed by atoms with E-state index in [-0.39, 0.29) is 0 Å². The van der Waals surface area contributed by atoms with Crippen molar-refractivity contribution >= 4 is 0 Å². The zero-order valence-corrected chi connectivity index (χ0v) is 11.1. The summed E-state index contributed by atoms with van der Waals surface area (Å²) < 4.78 is 5.65. The Bertz CT molecular complexity index is 207. The first-order valence-corrected chi connectivity index (χ1v) is 7.06. The van der Waals surface area contributed by atoms with Crippen molar-refractivity contribution in [2.45, 2.75) is 25.4 Å². The normalized spacial score (nSPS) is 31.6. The second kappa shape index (κ2) is 7.31. The van der Waals surface area contributed by atoms with Gasteiger partial charge in [0.25, 0.3) is 0 Å². The molecular weight excluding hydrogens is 214 g/mol. The van der Waals surface area contributed by atoms with E-state index in [0.29, 0.717) is 6.10 Å². The zero-order chi connectivity index (χ0) is 11.9. The van der Waals surface area contributed by atoms with Gasteiger partial charge in [-0.2, -0.15) is 0 Å². The number of hydrogen-bond acceptors (Lipinski definition) is 4. The summed E-state index contributed by atoms with van der Waals surface area (Å²) in [6.07, 6.45) is 4.47. The molecule has 2 aliphatic rings. The summed E-state index contributed by atoms with van der Waals surface area (Å²) in [6.45, 7) is 7.56. The predicted molar refractivity (Wildman–Crippen MR) is 70.3 cm³/mol. The van der Waals surface area contributed by atoms with Crippen LogP contribution < -0.4 is 10.6 Å². The van der Waals surface area contributed by atoms with E-state index < -0.39 is 0 Å². The molecule has 2 N–H and O–H groups in total. The molecule has 2 aliphatic heterocycles. The second-order valence-electron chi connectivity index (χ2n) is 5.46. The van der Waals surface area contributed by atoms with E-state index in [4.69, 9.17) is 4.74 Å². The van der Waals surface area contributed by atoms with Crippen LogP contribution in [0.4, 0.5) is 0 Å². The summed E-state index contributed by atoms with van der Waals surface area (Å²) in [5.41, 5.74) is 0. The van der Waals surface area contributed by atoms with Crippen LogP contribution in [0, 0.1) is 5.92 Å². The van der Waals surface area contributed by atoms with E-state index in [1.807, 2.05) is 0 Å². The van der Waals surface area contributed by atoms with E-state index in [1.54, 1.807) is 0 Å². The highest BCUT2D eigenvalue weighted by Crippen LogP contribution is 2.17. The minimum absolute atomic E-state index is 0.373. The van der Waals surface area contributed by atoms with Crippen molar-refractivity contribution in [3.8, 4) is 0 Å². The first kappa shape index (κ1) is 13.3. The Kier molecular flexibility index (Phi) is 5.71. The van der Waals surface area contributed by atoms with Crippen molar-refractivity contribution in [2.24, 2.45) is 5.92 Å². The maximum atomic E-state index is 5.65. The van der Waals surface area contributed by atoms with Gasteiger partial charge in [-0.15, -0.1) is 0 Å². The number of nitrogens with zero attached hydrogens (tertiary/aromatic N) is 1. The molecule has 4 heteroatoms. The second-order valence-corrected chi connectivity index (χ2v) is 5.46. The smallest absolute Gasteiger partial charge is 0.0824 e. The standard InChI is InChI=1S/C13H27N3O/c1-16-7-2-3-12(11-16)4-5-14-9-13-10-15-6-8-17-13/h12-15H,2-11H2,1H3. The molecule has 0 saturated carbocycles. The van der Waals surface area contributed by atoms with Gasteiger partial charge in [-0.1, -0.05) is 0 Å². The fraction of sp³-hybridized carbons (Fsp3) is 1.00. The maximum Gasteiger partial charge on any atom is 0.0824 e. The molecule has 2 heterocycles. The Hall–Kier alpha value is -0.160. The van der Waals surface area contributed by atoms with Gasteiger partial charge in [0.05, 0.1) is 12.7 Å². The minimum atomic E-state index is 0.373. The van der Waals surface area contributed by atoms with Crippen LogP contribution in [-0.2, 0) is 4.74 Å². The average molecular weight is 241 g/mol. The van der Waals surface area contributed by atoms with Crippen molar-refractivity contribution in [1.82, 2.24) is 15.5 Å². The van der Waals surface area contributed by atoms with Gasteiger partial charge in [-0.05, 0) is 45.3 Å². The molecule has 0 spiro atoms. The third-order valence-corrected chi connectivity index (χ3v) is 3.83. The number of piperidine rings is 1. The third-order valence-electron chi connectivity index (χ3n) is 3.83.